The van der Waals surface area contributed by atoms with Gasteiger partial charge in [0.25, 0.3) is 0 Å². The number of halogens is 1. The summed E-state index contributed by atoms with van der Waals surface area (Å²) in [5, 5.41) is 4.20. The van der Waals surface area contributed by atoms with Gasteiger partial charge in [0.2, 0.25) is 0 Å². The first-order valence-electron chi connectivity index (χ1n) is 15.0. The highest BCUT2D eigenvalue weighted by Gasteiger charge is 2.53. The van der Waals surface area contributed by atoms with Gasteiger partial charge in [0.05, 0.1) is 6.16 Å². The van der Waals surface area contributed by atoms with Gasteiger partial charge in [-0.05, 0) is 110 Å². The summed E-state index contributed by atoms with van der Waals surface area (Å²) in [7, 11) is -1.93. The van der Waals surface area contributed by atoms with E-state index in [1.807, 2.05) is 6.08 Å². The third-order valence-electron chi connectivity index (χ3n) is 9.98. The standard InChI is InChI=1S/C38H38OP.BrH/c39-37(38-25-31-22-32(26-38)24-33(23-31)27-38)21-20-29-16-18-30(19-17-29)28-40(34-10-4-1-5-11-34,35-12-6-2-7-13-35)36-14-8-3-9-15-36;/h1-21,31-33H,22-28H2;1H/q+1;/p-1/b21-20+;. The molecule has 0 amide bonds. The predicted molar refractivity (Wildman–Crippen MR) is 170 cm³/mol. The van der Waals surface area contributed by atoms with Crippen molar-refractivity contribution in [2.45, 2.75) is 44.7 Å². The fourth-order valence-corrected chi connectivity index (χ4v) is 12.8. The number of allylic oxidation sites excluding steroid dienone is 1. The maximum atomic E-state index is 13.5. The lowest BCUT2D eigenvalue weighted by Crippen LogP contribution is -3.00. The molecule has 41 heavy (non-hydrogen) atoms. The zero-order valence-electron chi connectivity index (χ0n) is 23.5. The van der Waals surface area contributed by atoms with Crippen LogP contribution >= 0.6 is 7.26 Å². The van der Waals surface area contributed by atoms with Gasteiger partial charge in [0.1, 0.15) is 23.2 Å². The maximum Gasteiger partial charge on any atom is 0.161 e. The van der Waals surface area contributed by atoms with Crippen molar-refractivity contribution in [3.05, 3.63) is 132 Å². The average Bonchev–Trinajstić information content (AvgIpc) is 3.00. The minimum atomic E-state index is -1.93. The zero-order valence-corrected chi connectivity index (χ0v) is 26.0. The monoisotopic (exact) mass is 620 g/mol. The number of hydrogen-bond donors (Lipinski definition) is 0. The molecule has 4 fully saturated rings. The van der Waals surface area contributed by atoms with Crippen molar-refractivity contribution in [3.63, 3.8) is 0 Å². The number of hydrogen-bond acceptors (Lipinski definition) is 1. The topological polar surface area (TPSA) is 17.1 Å². The highest BCUT2D eigenvalue weighted by molar-refractivity contribution is 7.95. The van der Waals surface area contributed by atoms with Crippen LogP contribution in [0.1, 0.15) is 49.7 Å². The zero-order chi connectivity index (χ0) is 27.0. The summed E-state index contributed by atoms with van der Waals surface area (Å²) in [6.07, 6.45) is 12.4. The molecule has 0 heterocycles. The first-order chi connectivity index (χ1) is 19.6. The molecule has 4 aliphatic rings. The van der Waals surface area contributed by atoms with E-state index in [1.54, 1.807) is 0 Å². The molecule has 4 saturated carbocycles. The van der Waals surface area contributed by atoms with E-state index in [-0.39, 0.29) is 22.4 Å². The highest BCUT2D eigenvalue weighted by atomic mass is 79.9. The van der Waals surface area contributed by atoms with Crippen molar-refractivity contribution >= 4 is 35.0 Å². The Hall–Kier alpha value is -2.80. The number of carbonyl (C=O) groups excluding carboxylic acids is 1. The fraction of sp³-hybridized carbons (Fsp3) is 0.289. The molecule has 1 nitrogen and oxygen atoms in total. The van der Waals surface area contributed by atoms with Crippen LogP contribution in [0.4, 0.5) is 0 Å². The van der Waals surface area contributed by atoms with Crippen molar-refractivity contribution in [2.75, 3.05) is 0 Å². The van der Waals surface area contributed by atoms with Gasteiger partial charge in [-0.15, -0.1) is 0 Å². The van der Waals surface area contributed by atoms with Crippen LogP contribution in [-0.2, 0) is 11.0 Å². The molecular weight excluding hydrogens is 583 g/mol. The molecule has 4 aromatic carbocycles. The minimum Gasteiger partial charge on any atom is -1.00 e. The Labute approximate surface area is 256 Å². The maximum absolute atomic E-state index is 13.5. The second-order valence-electron chi connectivity index (χ2n) is 12.6. The van der Waals surface area contributed by atoms with Gasteiger partial charge in [-0.25, -0.2) is 0 Å². The average molecular weight is 622 g/mol. The number of carbonyl (C=O) groups is 1. The summed E-state index contributed by atoms with van der Waals surface area (Å²) in [5.74, 6) is 2.78. The van der Waals surface area contributed by atoms with Crippen molar-refractivity contribution < 1.29 is 21.8 Å². The van der Waals surface area contributed by atoms with Crippen LogP contribution < -0.4 is 32.9 Å². The van der Waals surface area contributed by atoms with E-state index < -0.39 is 7.26 Å². The Morgan fingerprint density at radius 3 is 1.46 bits per heavy atom. The van der Waals surface area contributed by atoms with Crippen molar-refractivity contribution in [3.8, 4) is 0 Å². The smallest absolute Gasteiger partial charge is 0.161 e. The van der Waals surface area contributed by atoms with E-state index in [1.165, 1.54) is 40.7 Å². The van der Waals surface area contributed by atoms with Gasteiger partial charge >= 0.3 is 0 Å². The number of benzene rings is 4. The van der Waals surface area contributed by atoms with Crippen LogP contribution in [0.2, 0.25) is 0 Å². The summed E-state index contributed by atoms with van der Waals surface area (Å²) in [6.45, 7) is 0. The summed E-state index contributed by atoms with van der Waals surface area (Å²) in [4.78, 5) is 13.5. The Balaban J connectivity index is 0.00000302. The van der Waals surface area contributed by atoms with Crippen LogP contribution in [0.15, 0.2) is 121 Å². The van der Waals surface area contributed by atoms with E-state index >= 15 is 0 Å². The van der Waals surface area contributed by atoms with Gasteiger partial charge in [0.15, 0.2) is 5.78 Å². The summed E-state index contributed by atoms with van der Waals surface area (Å²) in [6, 6.07) is 42.2. The van der Waals surface area contributed by atoms with Gasteiger partial charge < -0.3 is 17.0 Å². The molecule has 0 aliphatic heterocycles. The molecule has 0 saturated heterocycles. The Bertz CT molecular complexity index is 1360. The Morgan fingerprint density at radius 1 is 0.634 bits per heavy atom. The quantitative estimate of drug-likeness (QED) is 0.201. The Kier molecular flexibility index (Phi) is 8.17. The van der Waals surface area contributed by atoms with Crippen molar-refractivity contribution in [1.29, 1.82) is 0 Å². The van der Waals surface area contributed by atoms with Gasteiger partial charge in [-0.1, -0.05) is 84.9 Å². The fourth-order valence-electron chi connectivity index (χ4n) is 8.54. The predicted octanol–water partition coefficient (Wildman–Crippen LogP) is 4.98. The molecule has 3 heteroatoms. The summed E-state index contributed by atoms with van der Waals surface area (Å²) < 4.78 is 0. The molecule has 0 N–H and O–H groups in total. The molecule has 208 valence electrons. The first-order valence-corrected chi connectivity index (χ1v) is 17.0. The van der Waals surface area contributed by atoms with Crippen LogP contribution in [0.3, 0.4) is 0 Å². The van der Waals surface area contributed by atoms with E-state index in [4.69, 9.17) is 0 Å². The van der Waals surface area contributed by atoms with Crippen molar-refractivity contribution in [2.24, 2.45) is 23.2 Å². The SMILES string of the molecule is O=C(/C=C/c1ccc(C[P+](c2ccccc2)(c2ccccc2)c2ccccc2)cc1)C12CC3CC(CC(C3)C1)C2.[Br-]. The number of rotatable bonds is 8. The number of ketones is 1. The van der Waals surface area contributed by atoms with Gasteiger partial charge in [0, 0.05) is 5.41 Å². The molecule has 0 radical (unpaired) electrons. The molecule has 0 spiro atoms. The Morgan fingerprint density at radius 2 is 1.05 bits per heavy atom. The van der Waals surface area contributed by atoms with E-state index in [0.717, 1.165) is 48.7 Å². The van der Waals surface area contributed by atoms with Crippen LogP contribution in [-0.4, -0.2) is 5.78 Å². The van der Waals surface area contributed by atoms with E-state index in [0.29, 0.717) is 5.78 Å². The van der Waals surface area contributed by atoms with Gasteiger partial charge in [-0.2, -0.15) is 0 Å². The summed E-state index contributed by atoms with van der Waals surface area (Å²) >= 11 is 0. The second-order valence-corrected chi connectivity index (χ2v) is 16.1. The summed E-state index contributed by atoms with van der Waals surface area (Å²) in [5.41, 5.74) is 2.38. The largest absolute Gasteiger partial charge is 1.00 e. The van der Waals surface area contributed by atoms with E-state index in [9.17, 15) is 4.79 Å². The molecule has 0 atom stereocenters. The lowest BCUT2D eigenvalue weighted by molar-refractivity contribution is -0.138. The molecule has 0 unspecified atom stereocenters. The molecule has 8 rings (SSSR count). The van der Waals surface area contributed by atoms with E-state index in [2.05, 4.69) is 121 Å². The highest BCUT2D eigenvalue weighted by Crippen LogP contribution is 2.61. The van der Waals surface area contributed by atoms with Crippen LogP contribution in [0.25, 0.3) is 6.08 Å². The molecule has 0 aromatic heterocycles. The van der Waals surface area contributed by atoms with Crippen LogP contribution in [0.5, 0.6) is 0 Å². The third kappa shape index (κ3) is 5.42. The third-order valence-corrected chi connectivity index (χ3v) is 14.4. The second kappa shape index (κ2) is 11.8. The molecule has 4 aliphatic carbocycles. The first kappa shape index (κ1) is 28.3. The molecule has 4 aromatic rings. The minimum absolute atomic E-state index is 0. The lowest BCUT2D eigenvalue weighted by atomic mass is 9.48. The van der Waals surface area contributed by atoms with Crippen molar-refractivity contribution in [1.82, 2.24) is 0 Å². The molecule has 4 bridgehead atoms. The normalized spacial score (nSPS) is 24.7. The molecular formula is C38H38BrOP. The van der Waals surface area contributed by atoms with Crippen LogP contribution in [0, 0.1) is 23.2 Å². The van der Waals surface area contributed by atoms with Gasteiger partial charge in [-0.3, -0.25) is 4.79 Å². The lowest BCUT2D eigenvalue weighted by Gasteiger charge is -2.55.